The zero-order chi connectivity index (χ0) is 7.82. The Kier molecular flexibility index (Phi) is 7.65. The fourth-order valence-corrected chi connectivity index (χ4v) is 2.00. The van der Waals surface area contributed by atoms with Crippen molar-refractivity contribution < 1.29 is 0 Å². The molecule has 62 valence electrons. The molecule has 0 amide bonds. The monoisotopic (exact) mass is 161 g/mol. The Labute approximate surface area is 68.8 Å². The lowest BCUT2D eigenvalue weighted by Crippen LogP contribution is -2.05. The van der Waals surface area contributed by atoms with Crippen molar-refractivity contribution in [1.82, 2.24) is 0 Å². The van der Waals surface area contributed by atoms with E-state index in [1.807, 2.05) is 11.8 Å². The third-order valence-electron chi connectivity index (χ3n) is 1.77. The van der Waals surface area contributed by atoms with Gasteiger partial charge in [-0.1, -0.05) is 26.7 Å². The molecule has 2 heteroatoms. The Balaban J connectivity index is 3.09. The van der Waals surface area contributed by atoms with Crippen molar-refractivity contribution >= 4 is 11.8 Å². The zero-order valence-corrected chi connectivity index (χ0v) is 7.91. The number of hydrogen-bond donors (Lipinski definition) is 1. The summed E-state index contributed by atoms with van der Waals surface area (Å²) in [6.07, 6.45) is 2.63. The van der Waals surface area contributed by atoms with Crippen LogP contribution >= 0.6 is 11.8 Å². The highest BCUT2D eigenvalue weighted by molar-refractivity contribution is 7.99. The molecule has 0 saturated heterocycles. The third kappa shape index (κ3) is 5.12. The van der Waals surface area contributed by atoms with Gasteiger partial charge >= 0.3 is 0 Å². The molecular weight excluding hydrogens is 142 g/mol. The van der Waals surface area contributed by atoms with Crippen LogP contribution in [0.15, 0.2) is 0 Å². The molecule has 0 aromatic heterocycles. The van der Waals surface area contributed by atoms with Gasteiger partial charge in [0.2, 0.25) is 0 Å². The van der Waals surface area contributed by atoms with Crippen LogP contribution in [-0.2, 0) is 0 Å². The van der Waals surface area contributed by atoms with Crippen LogP contribution in [0.5, 0.6) is 0 Å². The smallest absolute Gasteiger partial charge is 0.00559 e. The van der Waals surface area contributed by atoms with Crippen molar-refractivity contribution in [3.63, 3.8) is 0 Å². The van der Waals surface area contributed by atoms with Gasteiger partial charge in [-0.3, -0.25) is 0 Å². The second kappa shape index (κ2) is 7.42. The Morgan fingerprint density at radius 2 is 1.90 bits per heavy atom. The van der Waals surface area contributed by atoms with Crippen LogP contribution in [0.1, 0.15) is 26.7 Å². The highest BCUT2D eigenvalue weighted by Crippen LogP contribution is 2.14. The van der Waals surface area contributed by atoms with Gasteiger partial charge in [-0.15, -0.1) is 0 Å². The summed E-state index contributed by atoms with van der Waals surface area (Å²) in [5.74, 6) is 3.33. The van der Waals surface area contributed by atoms with Crippen molar-refractivity contribution in [1.29, 1.82) is 0 Å². The van der Waals surface area contributed by atoms with E-state index in [1.54, 1.807) is 0 Å². The Bertz CT molecular complexity index is 62.3. The standard InChI is InChI=1S/C8H19NS/c1-3-8(4-2)7-10-6-5-9/h8H,3-7,9H2,1-2H3. The maximum Gasteiger partial charge on any atom is 0.00559 e. The summed E-state index contributed by atoms with van der Waals surface area (Å²) in [5.41, 5.74) is 5.38. The molecule has 0 spiro atoms. The molecule has 0 aliphatic heterocycles. The largest absolute Gasteiger partial charge is 0.330 e. The van der Waals surface area contributed by atoms with Crippen LogP contribution in [0.2, 0.25) is 0 Å². The van der Waals surface area contributed by atoms with Gasteiger partial charge in [0.05, 0.1) is 0 Å². The summed E-state index contributed by atoms with van der Waals surface area (Å²) in [6.45, 7) is 5.35. The van der Waals surface area contributed by atoms with E-state index in [0.29, 0.717) is 0 Å². The quantitative estimate of drug-likeness (QED) is 0.604. The molecule has 0 radical (unpaired) electrons. The first kappa shape index (κ1) is 10.3. The Hall–Kier alpha value is 0.310. The molecule has 0 aromatic rings. The van der Waals surface area contributed by atoms with Crippen molar-refractivity contribution in [2.75, 3.05) is 18.1 Å². The number of hydrogen-bond acceptors (Lipinski definition) is 2. The summed E-state index contributed by atoms with van der Waals surface area (Å²) < 4.78 is 0. The average Bonchev–Trinajstić information content (AvgIpc) is 1.99. The van der Waals surface area contributed by atoms with Gasteiger partial charge in [-0.05, 0) is 11.7 Å². The lowest BCUT2D eigenvalue weighted by atomic mass is 10.1. The van der Waals surface area contributed by atoms with Crippen molar-refractivity contribution in [3.05, 3.63) is 0 Å². The van der Waals surface area contributed by atoms with Crippen LogP contribution in [0, 0.1) is 5.92 Å². The molecule has 0 rings (SSSR count). The first-order valence-corrected chi connectivity index (χ1v) is 5.28. The molecule has 0 bridgehead atoms. The number of thioether (sulfide) groups is 1. The SMILES string of the molecule is CCC(CC)CSCCN. The molecule has 0 aromatic carbocycles. The molecule has 0 aliphatic rings. The van der Waals surface area contributed by atoms with E-state index in [0.717, 1.165) is 18.2 Å². The summed E-state index contributed by atoms with van der Waals surface area (Å²) in [5, 5.41) is 0. The first-order valence-electron chi connectivity index (χ1n) is 4.12. The summed E-state index contributed by atoms with van der Waals surface area (Å²) in [7, 11) is 0. The Morgan fingerprint density at radius 3 is 2.30 bits per heavy atom. The van der Waals surface area contributed by atoms with Crippen molar-refractivity contribution in [3.8, 4) is 0 Å². The van der Waals surface area contributed by atoms with Gasteiger partial charge in [-0.2, -0.15) is 11.8 Å². The van der Waals surface area contributed by atoms with E-state index in [4.69, 9.17) is 5.73 Å². The molecule has 0 aliphatic carbocycles. The highest BCUT2D eigenvalue weighted by Gasteiger charge is 2.01. The van der Waals surface area contributed by atoms with Crippen molar-refractivity contribution in [2.45, 2.75) is 26.7 Å². The van der Waals surface area contributed by atoms with Crippen LogP contribution < -0.4 is 5.73 Å². The second-order valence-corrected chi connectivity index (χ2v) is 3.70. The highest BCUT2D eigenvalue weighted by atomic mass is 32.2. The van der Waals surface area contributed by atoms with E-state index in [-0.39, 0.29) is 0 Å². The van der Waals surface area contributed by atoms with E-state index in [2.05, 4.69) is 13.8 Å². The van der Waals surface area contributed by atoms with E-state index in [9.17, 15) is 0 Å². The fourth-order valence-electron chi connectivity index (χ4n) is 0.858. The first-order chi connectivity index (χ1) is 4.85. The minimum Gasteiger partial charge on any atom is -0.330 e. The van der Waals surface area contributed by atoms with E-state index in [1.165, 1.54) is 18.6 Å². The molecule has 0 heterocycles. The predicted octanol–water partition coefficient (Wildman–Crippen LogP) is 2.11. The molecule has 10 heavy (non-hydrogen) atoms. The van der Waals surface area contributed by atoms with Gasteiger partial charge in [0.25, 0.3) is 0 Å². The van der Waals surface area contributed by atoms with Crippen LogP contribution in [0.4, 0.5) is 0 Å². The van der Waals surface area contributed by atoms with Gasteiger partial charge in [0, 0.05) is 12.3 Å². The molecular formula is C8H19NS. The minimum atomic E-state index is 0.824. The zero-order valence-electron chi connectivity index (χ0n) is 7.10. The van der Waals surface area contributed by atoms with Gasteiger partial charge in [0.15, 0.2) is 0 Å². The summed E-state index contributed by atoms with van der Waals surface area (Å²) in [6, 6.07) is 0. The Morgan fingerprint density at radius 1 is 1.30 bits per heavy atom. The normalized spacial score (nSPS) is 10.8. The number of rotatable bonds is 6. The lowest BCUT2D eigenvalue weighted by molar-refractivity contribution is 0.554. The third-order valence-corrected chi connectivity index (χ3v) is 3.00. The second-order valence-electron chi connectivity index (χ2n) is 2.55. The summed E-state index contributed by atoms with van der Waals surface area (Å²) >= 11 is 1.99. The van der Waals surface area contributed by atoms with Crippen LogP contribution in [0.3, 0.4) is 0 Å². The molecule has 0 fully saturated rings. The molecule has 0 unspecified atom stereocenters. The van der Waals surface area contributed by atoms with Gasteiger partial charge in [0.1, 0.15) is 0 Å². The predicted molar refractivity (Wildman–Crippen MR) is 50.5 cm³/mol. The maximum absolute atomic E-state index is 5.38. The topological polar surface area (TPSA) is 26.0 Å². The maximum atomic E-state index is 5.38. The van der Waals surface area contributed by atoms with Crippen LogP contribution in [0.25, 0.3) is 0 Å². The van der Waals surface area contributed by atoms with Crippen molar-refractivity contribution in [2.24, 2.45) is 11.7 Å². The average molecular weight is 161 g/mol. The van der Waals surface area contributed by atoms with Crippen LogP contribution in [-0.4, -0.2) is 18.1 Å². The summed E-state index contributed by atoms with van der Waals surface area (Å²) in [4.78, 5) is 0. The van der Waals surface area contributed by atoms with Gasteiger partial charge in [-0.25, -0.2) is 0 Å². The molecule has 2 N–H and O–H groups in total. The molecule has 0 atom stereocenters. The molecule has 0 saturated carbocycles. The van der Waals surface area contributed by atoms with Gasteiger partial charge < -0.3 is 5.73 Å². The molecule has 1 nitrogen and oxygen atoms in total. The number of nitrogens with two attached hydrogens (primary N) is 1. The minimum absolute atomic E-state index is 0.824. The van der Waals surface area contributed by atoms with E-state index < -0.39 is 0 Å². The lowest BCUT2D eigenvalue weighted by Gasteiger charge is -2.10. The fraction of sp³-hybridized carbons (Fsp3) is 1.00. The van der Waals surface area contributed by atoms with E-state index >= 15 is 0 Å².